The van der Waals surface area contributed by atoms with Gasteiger partial charge in [-0.05, 0) is 68.7 Å². The van der Waals surface area contributed by atoms with Gasteiger partial charge in [0.15, 0.2) is 0 Å². The predicted molar refractivity (Wildman–Crippen MR) is 104 cm³/mol. The standard InChI is InChI=1S/C22H33NO3/c1-14-11-15-12-18-21(5,6)22(7,16(15)13-17(14)25-8)9-10-23(18)19(24)26-20(2,3)4/h11,13,18H,9-10,12H2,1-8H3/t18-,22+/m1/s1. The number of hydrogen-bond donors (Lipinski definition) is 0. The molecule has 0 N–H and O–H groups in total. The summed E-state index contributed by atoms with van der Waals surface area (Å²) in [6.07, 6.45) is 1.60. The summed E-state index contributed by atoms with van der Waals surface area (Å²) in [5, 5.41) is 0. The lowest BCUT2D eigenvalue weighted by atomic mass is 9.51. The molecule has 0 unspecified atom stereocenters. The van der Waals surface area contributed by atoms with Gasteiger partial charge < -0.3 is 14.4 Å². The Hall–Kier alpha value is -1.71. The molecule has 1 amide bonds. The molecule has 4 nitrogen and oxygen atoms in total. The van der Waals surface area contributed by atoms with E-state index in [4.69, 9.17) is 9.47 Å². The first kappa shape index (κ1) is 19.1. The van der Waals surface area contributed by atoms with Crippen LogP contribution in [0.1, 0.15) is 64.7 Å². The van der Waals surface area contributed by atoms with Crippen LogP contribution in [0, 0.1) is 12.3 Å². The van der Waals surface area contributed by atoms with Gasteiger partial charge in [-0.15, -0.1) is 0 Å². The number of piperidine rings is 1. The summed E-state index contributed by atoms with van der Waals surface area (Å²) in [5.74, 6) is 0.953. The molecule has 2 bridgehead atoms. The number of ether oxygens (including phenoxy) is 2. The smallest absolute Gasteiger partial charge is 0.410 e. The first-order chi connectivity index (χ1) is 11.9. The zero-order chi connectivity index (χ0) is 19.5. The molecule has 1 aromatic rings. The Morgan fingerprint density at radius 1 is 1.23 bits per heavy atom. The van der Waals surface area contributed by atoms with Gasteiger partial charge in [-0.2, -0.15) is 0 Å². The van der Waals surface area contributed by atoms with Crippen LogP contribution in [0.4, 0.5) is 4.79 Å². The average molecular weight is 360 g/mol. The van der Waals surface area contributed by atoms with Crippen LogP contribution in [0.15, 0.2) is 12.1 Å². The number of fused-ring (bicyclic) bond motifs is 4. The Morgan fingerprint density at radius 2 is 1.88 bits per heavy atom. The van der Waals surface area contributed by atoms with Crippen molar-refractivity contribution in [1.29, 1.82) is 0 Å². The van der Waals surface area contributed by atoms with E-state index in [1.807, 2.05) is 25.7 Å². The quantitative estimate of drug-likeness (QED) is 0.719. The molecular weight excluding hydrogens is 326 g/mol. The minimum atomic E-state index is -0.474. The molecule has 1 aliphatic heterocycles. The zero-order valence-corrected chi connectivity index (χ0v) is 17.5. The fourth-order valence-electron chi connectivity index (χ4n) is 4.82. The monoisotopic (exact) mass is 359 g/mol. The van der Waals surface area contributed by atoms with Crippen LogP contribution in [0.2, 0.25) is 0 Å². The molecule has 3 rings (SSSR count). The molecule has 2 atom stereocenters. The lowest BCUT2D eigenvalue weighted by Gasteiger charge is -2.60. The topological polar surface area (TPSA) is 38.8 Å². The van der Waals surface area contributed by atoms with Gasteiger partial charge in [0.1, 0.15) is 11.4 Å². The van der Waals surface area contributed by atoms with E-state index >= 15 is 0 Å². The lowest BCUT2D eigenvalue weighted by molar-refractivity contribution is -0.0522. The maximum Gasteiger partial charge on any atom is 0.410 e. The van der Waals surface area contributed by atoms with Crippen molar-refractivity contribution in [2.24, 2.45) is 5.41 Å². The highest BCUT2D eigenvalue weighted by atomic mass is 16.6. The van der Waals surface area contributed by atoms with Crippen LogP contribution in [0.5, 0.6) is 5.75 Å². The van der Waals surface area contributed by atoms with Gasteiger partial charge in [-0.25, -0.2) is 4.79 Å². The summed E-state index contributed by atoms with van der Waals surface area (Å²) >= 11 is 0. The second-order valence-electron chi connectivity index (χ2n) is 9.68. The summed E-state index contributed by atoms with van der Waals surface area (Å²) < 4.78 is 11.3. The molecule has 26 heavy (non-hydrogen) atoms. The van der Waals surface area contributed by atoms with E-state index in [0.717, 1.165) is 30.7 Å². The Morgan fingerprint density at radius 3 is 2.46 bits per heavy atom. The van der Waals surface area contributed by atoms with E-state index in [0.29, 0.717) is 0 Å². The lowest BCUT2D eigenvalue weighted by Crippen LogP contribution is -2.65. The van der Waals surface area contributed by atoms with Crippen molar-refractivity contribution >= 4 is 6.09 Å². The highest BCUT2D eigenvalue weighted by Gasteiger charge is 2.57. The van der Waals surface area contributed by atoms with Crippen molar-refractivity contribution in [2.75, 3.05) is 13.7 Å². The molecule has 1 saturated heterocycles. The number of likely N-dealkylation sites (tertiary alicyclic amines) is 1. The molecule has 0 aromatic heterocycles. The van der Waals surface area contributed by atoms with Crippen molar-refractivity contribution in [1.82, 2.24) is 4.90 Å². The summed E-state index contributed by atoms with van der Waals surface area (Å²) in [5.41, 5.74) is 3.35. The second-order valence-corrected chi connectivity index (χ2v) is 9.68. The number of benzene rings is 1. The van der Waals surface area contributed by atoms with Crippen molar-refractivity contribution in [3.63, 3.8) is 0 Å². The molecule has 1 fully saturated rings. The number of carbonyl (C=O) groups is 1. The van der Waals surface area contributed by atoms with Gasteiger partial charge in [-0.1, -0.05) is 26.8 Å². The number of aryl methyl sites for hydroxylation is 1. The third-order valence-corrected chi connectivity index (χ3v) is 6.74. The molecule has 1 aliphatic carbocycles. The molecule has 4 heteroatoms. The van der Waals surface area contributed by atoms with Crippen molar-refractivity contribution in [3.05, 3.63) is 28.8 Å². The molecule has 0 saturated carbocycles. The molecule has 0 radical (unpaired) electrons. The number of carbonyl (C=O) groups excluding carboxylic acids is 1. The maximum atomic E-state index is 12.9. The van der Waals surface area contributed by atoms with Crippen molar-refractivity contribution < 1.29 is 14.3 Å². The van der Waals surface area contributed by atoms with Crippen molar-refractivity contribution in [2.45, 2.75) is 78.4 Å². The van der Waals surface area contributed by atoms with Crippen LogP contribution in [0.3, 0.4) is 0 Å². The van der Waals surface area contributed by atoms with E-state index < -0.39 is 5.60 Å². The van der Waals surface area contributed by atoms with E-state index in [9.17, 15) is 4.79 Å². The first-order valence-corrected chi connectivity index (χ1v) is 9.58. The highest BCUT2D eigenvalue weighted by Crippen LogP contribution is 2.56. The Bertz CT molecular complexity index is 732. The Kier molecular flexibility index (Phi) is 4.33. The molecular formula is C22H33NO3. The minimum absolute atomic E-state index is 0.00470. The van der Waals surface area contributed by atoms with Gasteiger partial charge in [-0.3, -0.25) is 0 Å². The van der Waals surface area contributed by atoms with Crippen LogP contribution in [0.25, 0.3) is 0 Å². The van der Waals surface area contributed by atoms with E-state index in [-0.39, 0.29) is 23.0 Å². The SMILES string of the molecule is COc1cc2c(cc1C)C[C@H]1N(C(=O)OC(C)(C)C)CC[C@]2(C)C1(C)C. The van der Waals surface area contributed by atoms with Crippen LogP contribution >= 0.6 is 0 Å². The Balaban J connectivity index is 2.05. The Labute approximate surface area is 157 Å². The van der Waals surface area contributed by atoms with Gasteiger partial charge in [0.05, 0.1) is 7.11 Å². The van der Waals surface area contributed by atoms with Gasteiger partial charge in [0.25, 0.3) is 0 Å². The zero-order valence-electron chi connectivity index (χ0n) is 17.5. The summed E-state index contributed by atoms with van der Waals surface area (Å²) in [6, 6.07) is 4.61. The minimum Gasteiger partial charge on any atom is -0.496 e. The van der Waals surface area contributed by atoms with E-state index in [1.165, 1.54) is 11.1 Å². The largest absolute Gasteiger partial charge is 0.496 e. The number of amides is 1. The summed E-state index contributed by atoms with van der Waals surface area (Å²) in [7, 11) is 1.74. The molecule has 2 aliphatic rings. The second kappa shape index (κ2) is 5.90. The highest BCUT2D eigenvalue weighted by molar-refractivity contribution is 5.69. The van der Waals surface area contributed by atoms with Gasteiger partial charge >= 0.3 is 6.09 Å². The third kappa shape index (κ3) is 2.78. The third-order valence-electron chi connectivity index (χ3n) is 6.74. The van der Waals surface area contributed by atoms with Gasteiger partial charge in [0.2, 0.25) is 0 Å². The first-order valence-electron chi connectivity index (χ1n) is 9.58. The fourth-order valence-corrected chi connectivity index (χ4v) is 4.82. The van der Waals surface area contributed by atoms with Gasteiger partial charge in [0, 0.05) is 18.0 Å². The van der Waals surface area contributed by atoms with Crippen molar-refractivity contribution in [3.8, 4) is 5.75 Å². The predicted octanol–water partition coefficient (Wildman–Crippen LogP) is 4.85. The summed E-state index contributed by atoms with van der Waals surface area (Å²) in [6.45, 7) is 15.5. The van der Waals surface area contributed by atoms with Crippen LogP contribution in [-0.2, 0) is 16.6 Å². The number of methoxy groups -OCH3 is 1. The average Bonchev–Trinajstić information content (AvgIpc) is 2.49. The van der Waals surface area contributed by atoms with Crippen LogP contribution in [-0.4, -0.2) is 36.3 Å². The molecule has 0 spiro atoms. The van der Waals surface area contributed by atoms with E-state index in [2.05, 4.69) is 39.8 Å². The molecule has 144 valence electrons. The normalized spacial score (nSPS) is 26.9. The van der Waals surface area contributed by atoms with Crippen LogP contribution < -0.4 is 4.74 Å². The summed E-state index contributed by atoms with van der Waals surface area (Å²) in [4.78, 5) is 14.8. The fraction of sp³-hybridized carbons (Fsp3) is 0.682. The number of hydrogen-bond acceptors (Lipinski definition) is 3. The maximum absolute atomic E-state index is 12.9. The molecule has 1 heterocycles. The van der Waals surface area contributed by atoms with E-state index in [1.54, 1.807) is 7.11 Å². The number of nitrogens with zero attached hydrogens (tertiary/aromatic N) is 1. The number of rotatable bonds is 1. The molecule has 1 aromatic carbocycles.